The van der Waals surface area contributed by atoms with Gasteiger partial charge in [0.1, 0.15) is 0 Å². The van der Waals surface area contributed by atoms with E-state index in [0.29, 0.717) is 10.8 Å². The van der Waals surface area contributed by atoms with Gasteiger partial charge in [-0.3, -0.25) is 10.1 Å². The molecule has 2 aromatic heterocycles. The predicted molar refractivity (Wildman–Crippen MR) is 68.8 cm³/mol. The Morgan fingerprint density at radius 2 is 2.22 bits per heavy atom. The second-order valence-corrected chi connectivity index (χ2v) is 4.80. The van der Waals surface area contributed by atoms with Gasteiger partial charge >= 0.3 is 0 Å². The molecule has 0 spiro atoms. The van der Waals surface area contributed by atoms with Gasteiger partial charge in [-0.25, -0.2) is 4.98 Å². The molecule has 0 fully saturated rings. The van der Waals surface area contributed by atoms with E-state index >= 15 is 0 Å². The Balaban J connectivity index is 1.86. The molecule has 3 aromatic rings. The van der Waals surface area contributed by atoms with Crippen LogP contribution in [0.1, 0.15) is 16.2 Å². The van der Waals surface area contributed by atoms with E-state index in [1.807, 2.05) is 24.3 Å². The van der Waals surface area contributed by atoms with E-state index < -0.39 is 0 Å². The minimum atomic E-state index is -0.338. The first kappa shape index (κ1) is 10.9. The number of aromatic nitrogens is 2. The smallest absolute Gasteiger partial charge is 0.296 e. The van der Waals surface area contributed by atoms with E-state index in [9.17, 15) is 4.79 Å². The molecule has 0 saturated heterocycles. The maximum atomic E-state index is 11.8. The van der Waals surface area contributed by atoms with Gasteiger partial charge in [0.25, 0.3) is 5.91 Å². The number of carbonyl (C=O) groups excluding carboxylic acids is 1. The number of amides is 1. The molecule has 0 atom stereocenters. The molecule has 0 aliphatic rings. The number of carbonyl (C=O) groups is 1. The molecule has 0 radical (unpaired) electrons. The summed E-state index contributed by atoms with van der Waals surface area (Å²) in [5.41, 5.74) is 1.54. The first-order valence-electron chi connectivity index (χ1n) is 5.32. The number of hydrogen-bond donors (Lipinski definition) is 1. The SMILES string of the molecule is Cc1cc(C(=O)Nc2nc3ccccc3s2)on1. The van der Waals surface area contributed by atoms with E-state index in [-0.39, 0.29) is 11.7 Å². The van der Waals surface area contributed by atoms with Crippen LogP contribution in [0.4, 0.5) is 5.13 Å². The van der Waals surface area contributed by atoms with Crippen molar-refractivity contribution in [3.63, 3.8) is 0 Å². The largest absolute Gasteiger partial charge is 0.351 e. The maximum absolute atomic E-state index is 11.8. The quantitative estimate of drug-likeness (QED) is 0.768. The van der Waals surface area contributed by atoms with Crippen LogP contribution in [-0.2, 0) is 0 Å². The second-order valence-electron chi connectivity index (χ2n) is 3.77. The summed E-state index contributed by atoms with van der Waals surface area (Å²) in [4.78, 5) is 16.1. The van der Waals surface area contributed by atoms with Crippen LogP contribution in [0.25, 0.3) is 10.2 Å². The Morgan fingerprint density at radius 3 is 2.94 bits per heavy atom. The van der Waals surface area contributed by atoms with Crippen molar-refractivity contribution in [1.29, 1.82) is 0 Å². The van der Waals surface area contributed by atoms with Gasteiger partial charge in [0.15, 0.2) is 5.13 Å². The van der Waals surface area contributed by atoms with Gasteiger partial charge in [-0.2, -0.15) is 0 Å². The number of thiazole rings is 1. The van der Waals surface area contributed by atoms with Crippen molar-refractivity contribution in [2.45, 2.75) is 6.92 Å². The Morgan fingerprint density at radius 1 is 1.39 bits per heavy atom. The van der Waals surface area contributed by atoms with Gasteiger partial charge in [0.2, 0.25) is 5.76 Å². The van der Waals surface area contributed by atoms with Gasteiger partial charge in [0.05, 0.1) is 15.9 Å². The molecule has 3 rings (SSSR count). The summed E-state index contributed by atoms with van der Waals surface area (Å²) < 4.78 is 5.92. The Labute approximate surface area is 106 Å². The number of hydrogen-bond acceptors (Lipinski definition) is 5. The number of rotatable bonds is 2. The number of fused-ring (bicyclic) bond motifs is 1. The molecule has 0 unspecified atom stereocenters. The van der Waals surface area contributed by atoms with Gasteiger partial charge in [-0.05, 0) is 19.1 Å². The van der Waals surface area contributed by atoms with Crippen LogP contribution < -0.4 is 5.32 Å². The van der Waals surface area contributed by atoms with Crippen LogP contribution in [0.3, 0.4) is 0 Å². The first-order valence-corrected chi connectivity index (χ1v) is 6.14. The summed E-state index contributed by atoms with van der Waals surface area (Å²) >= 11 is 1.42. The standard InChI is InChI=1S/C12H9N3O2S/c1-7-6-9(17-15-7)11(16)14-12-13-8-4-2-3-5-10(8)18-12/h2-6H,1H3,(H,13,14,16). The number of para-hydroxylation sites is 1. The summed E-state index contributed by atoms with van der Waals surface area (Å²) in [6, 6.07) is 9.30. The van der Waals surface area contributed by atoms with E-state index in [0.717, 1.165) is 10.2 Å². The molecule has 6 heteroatoms. The van der Waals surface area contributed by atoms with Gasteiger partial charge in [0, 0.05) is 6.07 Å². The fourth-order valence-electron chi connectivity index (χ4n) is 1.55. The third kappa shape index (κ3) is 1.98. The van der Waals surface area contributed by atoms with E-state index in [1.54, 1.807) is 13.0 Å². The Hall–Kier alpha value is -2.21. The van der Waals surface area contributed by atoms with Crippen LogP contribution in [0.5, 0.6) is 0 Å². The van der Waals surface area contributed by atoms with Crippen LogP contribution in [-0.4, -0.2) is 16.0 Å². The summed E-state index contributed by atoms with van der Waals surface area (Å²) in [7, 11) is 0. The molecular weight excluding hydrogens is 250 g/mol. The van der Waals surface area contributed by atoms with Gasteiger partial charge in [-0.15, -0.1) is 0 Å². The van der Waals surface area contributed by atoms with Gasteiger partial charge in [-0.1, -0.05) is 28.6 Å². The van der Waals surface area contributed by atoms with Crippen LogP contribution in [0.2, 0.25) is 0 Å². The van der Waals surface area contributed by atoms with Crippen LogP contribution >= 0.6 is 11.3 Å². The Kier molecular flexibility index (Phi) is 2.56. The van der Waals surface area contributed by atoms with Crippen LogP contribution in [0.15, 0.2) is 34.9 Å². The van der Waals surface area contributed by atoms with Crippen molar-refractivity contribution >= 4 is 32.6 Å². The highest BCUT2D eigenvalue weighted by molar-refractivity contribution is 7.22. The zero-order chi connectivity index (χ0) is 12.5. The lowest BCUT2D eigenvalue weighted by atomic mass is 10.3. The molecule has 5 nitrogen and oxygen atoms in total. The van der Waals surface area contributed by atoms with E-state index in [2.05, 4.69) is 15.5 Å². The number of anilines is 1. The molecule has 1 amide bonds. The Bertz CT molecular complexity index is 684. The van der Waals surface area contributed by atoms with Gasteiger partial charge < -0.3 is 4.52 Å². The molecule has 90 valence electrons. The summed E-state index contributed by atoms with van der Waals surface area (Å²) in [6.07, 6.45) is 0. The topological polar surface area (TPSA) is 68.0 Å². The fraction of sp³-hybridized carbons (Fsp3) is 0.0833. The lowest BCUT2D eigenvalue weighted by Crippen LogP contribution is -2.10. The normalized spacial score (nSPS) is 10.7. The highest BCUT2D eigenvalue weighted by Crippen LogP contribution is 2.25. The highest BCUT2D eigenvalue weighted by Gasteiger charge is 2.13. The first-order chi connectivity index (χ1) is 8.72. The molecule has 2 heterocycles. The molecule has 0 bridgehead atoms. The predicted octanol–water partition coefficient (Wildman–Crippen LogP) is 2.85. The molecular formula is C12H9N3O2S. The molecule has 0 aliphatic carbocycles. The minimum Gasteiger partial charge on any atom is -0.351 e. The molecule has 18 heavy (non-hydrogen) atoms. The highest BCUT2D eigenvalue weighted by atomic mass is 32.1. The van der Waals surface area contributed by atoms with Crippen molar-refractivity contribution in [1.82, 2.24) is 10.1 Å². The third-order valence-corrected chi connectivity index (χ3v) is 3.32. The summed E-state index contributed by atoms with van der Waals surface area (Å²) in [5, 5.41) is 6.92. The number of nitrogens with one attached hydrogen (secondary N) is 1. The number of aryl methyl sites for hydroxylation is 1. The average Bonchev–Trinajstić information content (AvgIpc) is 2.94. The number of benzene rings is 1. The van der Waals surface area contributed by atoms with E-state index in [1.165, 1.54) is 11.3 Å². The minimum absolute atomic E-state index is 0.187. The zero-order valence-corrected chi connectivity index (χ0v) is 10.3. The third-order valence-electron chi connectivity index (χ3n) is 2.37. The lowest BCUT2D eigenvalue weighted by molar-refractivity contribution is 0.0988. The van der Waals surface area contributed by atoms with Crippen LogP contribution in [0, 0.1) is 6.92 Å². The summed E-state index contributed by atoms with van der Waals surface area (Å²) in [6.45, 7) is 1.76. The second kappa shape index (κ2) is 4.23. The number of nitrogens with zero attached hydrogens (tertiary/aromatic N) is 2. The fourth-order valence-corrected chi connectivity index (χ4v) is 2.42. The van der Waals surface area contributed by atoms with E-state index in [4.69, 9.17) is 4.52 Å². The van der Waals surface area contributed by atoms with Crippen molar-refractivity contribution in [3.8, 4) is 0 Å². The molecule has 1 aromatic carbocycles. The zero-order valence-electron chi connectivity index (χ0n) is 9.51. The lowest BCUT2D eigenvalue weighted by Gasteiger charge is -1.95. The van der Waals surface area contributed by atoms with Crippen molar-refractivity contribution in [2.75, 3.05) is 5.32 Å². The maximum Gasteiger partial charge on any atom is 0.296 e. The van der Waals surface area contributed by atoms with Crippen molar-refractivity contribution < 1.29 is 9.32 Å². The summed E-state index contributed by atoms with van der Waals surface area (Å²) in [5.74, 6) is -0.151. The van der Waals surface area contributed by atoms with Crippen molar-refractivity contribution in [2.24, 2.45) is 0 Å². The molecule has 1 N–H and O–H groups in total. The molecule has 0 aliphatic heterocycles. The molecule has 0 saturated carbocycles. The monoisotopic (exact) mass is 259 g/mol. The van der Waals surface area contributed by atoms with Crippen molar-refractivity contribution in [3.05, 3.63) is 41.8 Å². The average molecular weight is 259 g/mol.